The number of anilines is 1. The van der Waals surface area contributed by atoms with Gasteiger partial charge >= 0.3 is 0 Å². The quantitative estimate of drug-likeness (QED) is 0.895. The molecule has 0 unspecified atom stereocenters. The summed E-state index contributed by atoms with van der Waals surface area (Å²) in [5.74, 6) is -0.525. The molecular weight excluding hydrogens is 262 g/mol. The Labute approximate surface area is 114 Å². The summed E-state index contributed by atoms with van der Waals surface area (Å²) >= 11 is 1.39. The Kier molecular flexibility index (Phi) is 4.25. The van der Waals surface area contributed by atoms with Gasteiger partial charge in [0.05, 0.1) is 11.4 Å². The summed E-state index contributed by atoms with van der Waals surface area (Å²) in [5.41, 5.74) is 1.06. The molecule has 0 aliphatic heterocycles. The second-order valence-corrected chi connectivity index (χ2v) is 4.88. The first kappa shape index (κ1) is 13.2. The zero-order valence-corrected chi connectivity index (χ0v) is 11.2. The molecule has 1 aromatic heterocycles. The van der Waals surface area contributed by atoms with Gasteiger partial charge in [-0.3, -0.25) is 9.59 Å². The molecule has 98 valence electrons. The van der Waals surface area contributed by atoms with Gasteiger partial charge in [0.1, 0.15) is 0 Å². The lowest BCUT2D eigenvalue weighted by molar-refractivity contribution is -0.122. The number of benzene rings is 1. The summed E-state index contributed by atoms with van der Waals surface area (Å²) < 4.78 is 0. The van der Waals surface area contributed by atoms with Gasteiger partial charge in [-0.1, -0.05) is 41.7 Å². The lowest BCUT2D eigenvalue weighted by Crippen LogP contribution is -2.31. The Bertz CT molecular complexity index is 581. The predicted octanol–water partition coefficient (Wildman–Crippen LogP) is 1.88. The lowest BCUT2D eigenvalue weighted by Gasteiger charge is -2.01. The van der Waals surface area contributed by atoms with Gasteiger partial charge < -0.3 is 10.6 Å². The van der Waals surface area contributed by atoms with Gasteiger partial charge in [-0.25, -0.2) is 4.98 Å². The van der Waals surface area contributed by atoms with Crippen LogP contribution in [-0.2, 0) is 9.59 Å². The van der Waals surface area contributed by atoms with Crippen molar-refractivity contribution in [1.82, 2.24) is 10.3 Å². The number of hydrogen-bond donors (Lipinski definition) is 2. The molecule has 0 saturated heterocycles. The third-order valence-corrected chi connectivity index (χ3v) is 3.27. The Hall–Kier alpha value is -2.21. The molecule has 0 aliphatic carbocycles. The number of nitrogens with zero attached hydrogens (tertiary/aromatic N) is 1. The zero-order chi connectivity index (χ0) is 13.7. The Balaban J connectivity index is 1.98. The number of aromatic nitrogens is 1. The van der Waals surface area contributed by atoms with Crippen LogP contribution in [0, 0.1) is 0 Å². The molecule has 0 bridgehead atoms. The van der Waals surface area contributed by atoms with Crippen LogP contribution < -0.4 is 10.6 Å². The number of carbonyl (C=O) groups is 2. The maximum absolute atomic E-state index is 11.5. The van der Waals surface area contributed by atoms with E-state index in [1.807, 2.05) is 30.3 Å². The standard InChI is InChI=1S/C13H13N3O2S/c1-9(17)14-8-12(18)16-13-15-7-11(19-13)10-5-3-2-4-6-10/h2-7H,8H2,1H3,(H,14,17)(H,15,16,18). The monoisotopic (exact) mass is 275 g/mol. The normalized spacial score (nSPS) is 9.95. The first-order valence-electron chi connectivity index (χ1n) is 5.70. The van der Waals surface area contributed by atoms with E-state index < -0.39 is 0 Å². The highest BCUT2D eigenvalue weighted by atomic mass is 32.1. The Morgan fingerprint density at radius 1 is 1.26 bits per heavy atom. The molecule has 2 rings (SSSR count). The number of thiazole rings is 1. The van der Waals surface area contributed by atoms with Crippen molar-refractivity contribution >= 4 is 28.3 Å². The van der Waals surface area contributed by atoms with Gasteiger partial charge in [-0.05, 0) is 5.56 Å². The number of rotatable bonds is 4. The van der Waals surface area contributed by atoms with Crippen LogP contribution in [0.4, 0.5) is 5.13 Å². The van der Waals surface area contributed by atoms with E-state index in [4.69, 9.17) is 0 Å². The third kappa shape index (κ3) is 3.89. The van der Waals surface area contributed by atoms with Gasteiger partial charge in [0, 0.05) is 13.1 Å². The number of carbonyl (C=O) groups excluding carboxylic acids is 2. The highest BCUT2D eigenvalue weighted by Gasteiger charge is 2.07. The first-order chi connectivity index (χ1) is 9.15. The summed E-state index contributed by atoms with van der Waals surface area (Å²) in [5, 5.41) is 5.59. The van der Waals surface area contributed by atoms with Crippen molar-refractivity contribution < 1.29 is 9.59 Å². The molecule has 2 amide bonds. The van der Waals surface area contributed by atoms with Crippen LogP contribution in [-0.4, -0.2) is 23.3 Å². The molecule has 2 N–H and O–H groups in total. The average molecular weight is 275 g/mol. The van der Waals surface area contributed by atoms with Gasteiger partial charge in [0.2, 0.25) is 11.8 Å². The molecule has 0 saturated carbocycles. The van der Waals surface area contributed by atoms with E-state index in [9.17, 15) is 9.59 Å². The van der Waals surface area contributed by atoms with E-state index in [1.165, 1.54) is 18.3 Å². The minimum absolute atomic E-state index is 0.0460. The van der Waals surface area contributed by atoms with Crippen LogP contribution in [0.15, 0.2) is 36.5 Å². The molecule has 1 aromatic carbocycles. The van der Waals surface area contributed by atoms with E-state index in [-0.39, 0.29) is 18.4 Å². The third-order valence-electron chi connectivity index (χ3n) is 2.31. The van der Waals surface area contributed by atoms with Gasteiger partial charge in [-0.2, -0.15) is 0 Å². The smallest absolute Gasteiger partial charge is 0.245 e. The fourth-order valence-electron chi connectivity index (χ4n) is 1.44. The van der Waals surface area contributed by atoms with Crippen molar-refractivity contribution in [3.63, 3.8) is 0 Å². The summed E-state index contributed by atoms with van der Waals surface area (Å²) in [4.78, 5) is 27.3. The van der Waals surface area contributed by atoms with Crippen molar-refractivity contribution in [3.8, 4) is 10.4 Å². The predicted molar refractivity (Wildman–Crippen MR) is 74.9 cm³/mol. The molecule has 0 spiro atoms. The fraction of sp³-hybridized carbons (Fsp3) is 0.154. The van der Waals surface area contributed by atoms with Crippen LogP contribution in [0.5, 0.6) is 0 Å². The maximum Gasteiger partial charge on any atom is 0.245 e. The highest BCUT2D eigenvalue weighted by Crippen LogP contribution is 2.28. The molecule has 0 radical (unpaired) electrons. The number of hydrogen-bond acceptors (Lipinski definition) is 4. The molecule has 5 nitrogen and oxygen atoms in total. The van der Waals surface area contributed by atoms with E-state index in [0.717, 1.165) is 10.4 Å². The SMILES string of the molecule is CC(=O)NCC(=O)Nc1ncc(-c2ccccc2)s1. The van der Waals surface area contributed by atoms with Gasteiger partial charge in [0.15, 0.2) is 5.13 Å². The minimum atomic E-state index is -0.288. The summed E-state index contributed by atoms with van der Waals surface area (Å²) in [6.07, 6.45) is 1.72. The van der Waals surface area contributed by atoms with E-state index in [1.54, 1.807) is 6.20 Å². The summed E-state index contributed by atoms with van der Waals surface area (Å²) in [7, 11) is 0. The number of amides is 2. The Morgan fingerprint density at radius 2 is 2.00 bits per heavy atom. The van der Waals surface area contributed by atoms with E-state index in [2.05, 4.69) is 15.6 Å². The molecular formula is C13H13N3O2S. The largest absolute Gasteiger partial charge is 0.347 e. The van der Waals surface area contributed by atoms with Crippen LogP contribution in [0.25, 0.3) is 10.4 Å². The van der Waals surface area contributed by atoms with Crippen LogP contribution >= 0.6 is 11.3 Å². The first-order valence-corrected chi connectivity index (χ1v) is 6.52. The molecule has 2 aromatic rings. The fourth-order valence-corrected chi connectivity index (χ4v) is 2.27. The van der Waals surface area contributed by atoms with E-state index >= 15 is 0 Å². The van der Waals surface area contributed by atoms with E-state index in [0.29, 0.717) is 5.13 Å². The molecule has 19 heavy (non-hydrogen) atoms. The number of nitrogens with one attached hydrogen (secondary N) is 2. The molecule has 1 heterocycles. The van der Waals surface area contributed by atoms with Crippen molar-refractivity contribution in [2.75, 3.05) is 11.9 Å². The van der Waals surface area contributed by atoms with Crippen molar-refractivity contribution in [1.29, 1.82) is 0 Å². The molecule has 0 atom stereocenters. The van der Waals surface area contributed by atoms with Crippen molar-refractivity contribution in [3.05, 3.63) is 36.5 Å². The topological polar surface area (TPSA) is 71.1 Å². The average Bonchev–Trinajstić information content (AvgIpc) is 2.86. The van der Waals surface area contributed by atoms with Crippen molar-refractivity contribution in [2.45, 2.75) is 6.92 Å². The minimum Gasteiger partial charge on any atom is -0.347 e. The molecule has 0 aliphatic rings. The lowest BCUT2D eigenvalue weighted by atomic mass is 10.2. The second-order valence-electron chi connectivity index (χ2n) is 3.85. The zero-order valence-electron chi connectivity index (χ0n) is 10.3. The van der Waals surface area contributed by atoms with Gasteiger partial charge in [0.25, 0.3) is 0 Å². The second kappa shape index (κ2) is 6.10. The van der Waals surface area contributed by atoms with Crippen LogP contribution in [0.2, 0.25) is 0 Å². The van der Waals surface area contributed by atoms with Crippen molar-refractivity contribution in [2.24, 2.45) is 0 Å². The molecule has 6 heteroatoms. The van der Waals surface area contributed by atoms with Crippen LogP contribution in [0.1, 0.15) is 6.92 Å². The highest BCUT2D eigenvalue weighted by molar-refractivity contribution is 7.19. The van der Waals surface area contributed by atoms with Gasteiger partial charge in [-0.15, -0.1) is 0 Å². The maximum atomic E-state index is 11.5. The van der Waals surface area contributed by atoms with Crippen LogP contribution in [0.3, 0.4) is 0 Å². The molecule has 0 fully saturated rings. The Morgan fingerprint density at radius 3 is 2.68 bits per heavy atom. The summed E-state index contributed by atoms with van der Waals surface area (Å²) in [6.45, 7) is 1.32. The summed E-state index contributed by atoms with van der Waals surface area (Å²) in [6, 6.07) is 9.81.